The number of allylic oxidation sites excluding steroid dienone is 4. The van der Waals surface area contributed by atoms with Crippen molar-refractivity contribution in [2.75, 3.05) is 6.61 Å². The van der Waals surface area contributed by atoms with Crippen LogP contribution >= 0.6 is 0 Å². The van der Waals surface area contributed by atoms with Crippen LogP contribution in [0.4, 0.5) is 0 Å². The van der Waals surface area contributed by atoms with Crippen molar-refractivity contribution in [3.05, 3.63) is 24.3 Å². The number of amides is 1. The fourth-order valence-electron chi connectivity index (χ4n) is 8.78. The van der Waals surface area contributed by atoms with Crippen molar-refractivity contribution in [2.45, 2.75) is 321 Å². The van der Waals surface area contributed by atoms with Crippen LogP contribution in [-0.2, 0) is 4.79 Å². The van der Waals surface area contributed by atoms with Gasteiger partial charge in [-0.15, -0.1) is 0 Å². The van der Waals surface area contributed by atoms with Crippen molar-refractivity contribution in [1.82, 2.24) is 5.32 Å². The molecule has 0 fully saturated rings. The van der Waals surface area contributed by atoms with E-state index >= 15 is 0 Å². The fraction of sp³-hybridized carbons (Fsp3) is 0.911. The zero-order valence-corrected chi connectivity index (χ0v) is 41.6. The molecule has 0 aliphatic carbocycles. The number of hydrogen-bond donors (Lipinski definition) is 5. The largest absolute Gasteiger partial charge is 0.394 e. The third-order valence-corrected chi connectivity index (χ3v) is 13.1. The third kappa shape index (κ3) is 44.0. The molecular formula is C56H109NO5. The molecule has 4 unspecified atom stereocenters. The Labute approximate surface area is 386 Å². The molecule has 6 nitrogen and oxygen atoms in total. The Kier molecular flexibility index (Phi) is 49.8. The number of carbonyl (C=O) groups is 1. The van der Waals surface area contributed by atoms with Crippen molar-refractivity contribution in [1.29, 1.82) is 0 Å². The van der Waals surface area contributed by atoms with E-state index in [-0.39, 0.29) is 0 Å². The second-order valence-corrected chi connectivity index (χ2v) is 19.3. The predicted octanol–water partition coefficient (Wildman–Crippen LogP) is 15.9. The number of aliphatic hydroxyl groups is 4. The monoisotopic (exact) mass is 876 g/mol. The van der Waals surface area contributed by atoms with Gasteiger partial charge in [0.25, 0.3) is 0 Å². The van der Waals surface area contributed by atoms with Gasteiger partial charge >= 0.3 is 0 Å². The lowest BCUT2D eigenvalue weighted by Gasteiger charge is -2.27. The Bertz CT molecular complexity index is 939. The van der Waals surface area contributed by atoms with Crippen molar-refractivity contribution >= 4 is 5.91 Å². The van der Waals surface area contributed by atoms with Crippen LogP contribution in [0, 0.1) is 0 Å². The summed E-state index contributed by atoms with van der Waals surface area (Å²) in [6, 6.07) is -1.01. The molecule has 368 valence electrons. The maximum absolute atomic E-state index is 12.6. The molecule has 0 aliphatic heterocycles. The van der Waals surface area contributed by atoms with Crippen LogP contribution in [0.15, 0.2) is 24.3 Å². The highest BCUT2D eigenvalue weighted by atomic mass is 16.3. The zero-order chi connectivity index (χ0) is 45.2. The first-order valence-electron chi connectivity index (χ1n) is 27.7. The van der Waals surface area contributed by atoms with Gasteiger partial charge in [-0.25, -0.2) is 0 Å². The molecular weight excluding hydrogens is 767 g/mol. The Morgan fingerprint density at radius 1 is 0.387 bits per heavy atom. The highest BCUT2D eigenvalue weighted by molar-refractivity contribution is 5.80. The summed E-state index contributed by atoms with van der Waals surface area (Å²) in [7, 11) is 0. The van der Waals surface area contributed by atoms with E-state index in [0.717, 1.165) is 38.5 Å². The van der Waals surface area contributed by atoms with E-state index in [9.17, 15) is 25.2 Å². The molecule has 1 amide bonds. The minimum absolute atomic E-state index is 0.364. The van der Waals surface area contributed by atoms with Crippen LogP contribution in [0.1, 0.15) is 296 Å². The maximum Gasteiger partial charge on any atom is 0.249 e. The molecule has 0 spiro atoms. The number of nitrogens with one attached hydrogen (secondary N) is 1. The van der Waals surface area contributed by atoms with E-state index in [4.69, 9.17) is 0 Å². The molecule has 5 N–H and O–H groups in total. The maximum atomic E-state index is 12.6. The number of hydrogen-bond acceptors (Lipinski definition) is 5. The molecule has 0 saturated heterocycles. The minimum Gasteiger partial charge on any atom is -0.394 e. The number of carbonyl (C=O) groups excluding carboxylic acids is 1. The molecule has 0 aromatic rings. The lowest BCUT2D eigenvalue weighted by atomic mass is 10.00. The van der Waals surface area contributed by atoms with Gasteiger partial charge in [0.2, 0.25) is 5.91 Å². The van der Waals surface area contributed by atoms with E-state index in [1.807, 2.05) is 0 Å². The normalized spacial score (nSPS) is 14.0. The molecule has 6 heteroatoms. The summed E-state index contributed by atoms with van der Waals surface area (Å²) in [5, 5.41) is 43.9. The van der Waals surface area contributed by atoms with Crippen LogP contribution in [-0.4, -0.2) is 57.3 Å². The van der Waals surface area contributed by atoms with Crippen LogP contribution in [0.5, 0.6) is 0 Å². The summed E-state index contributed by atoms with van der Waals surface area (Å²) in [6.45, 7) is 4.07. The topological polar surface area (TPSA) is 110 Å². The number of rotatable bonds is 51. The van der Waals surface area contributed by atoms with E-state index in [1.165, 1.54) is 225 Å². The lowest BCUT2D eigenvalue weighted by Crippen LogP contribution is -2.53. The molecule has 0 bridgehead atoms. The lowest BCUT2D eigenvalue weighted by molar-refractivity contribution is -0.132. The third-order valence-electron chi connectivity index (χ3n) is 13.1. The van der Waals surface area contributed by atoms with Gasteiger partial charge in [-0.1, -0.05) is 269 Å². The quantitative estimate of drug-likeness (QED) is 0.0309. The Morgan fingerprint density at radius 2 is 0.677 bits per heavy atom. The standard InChI is InChI=1S/C56H109NO5/c1-3-5-7-9-11-13-15-17-19-21-22-23-24-25-26-27-28-29-30-31-32-33-34-36-37-39-41-43-45-47-49-53(59)55(61)52(51-58)57-56(62)54(60)50-48-46-44-42-40-38-35-20-18-16-14-12-10-8-6-4-2/h34,36,41,43,52-55,58-61H,3-33,35,37-40,42,44-51H2,1-2H3,(H,57,62)/b36-34+,43-41+. The van der Waals surface area contributed by atoms with E-state index in [1.54, 1.807) is 0 Å². The van der Waals surface area contributed by atoms with Crippen molar-refractivity contribution < 1.29 is 25.2 Å². The summed E-state index contributed by atoms with van der Waals surface area (Å²) in [5.41, 5.74) is 0. The molecule has 0 aromatic heterocycles. The second kappa shape index (κ2) is 50.8. The second-order valence-electron chi connectivity index (χ2n) is 19.3. The van der Waals surface area contributed by atoms with Crippen molar-refractivity contribution in [3.63, 3.8) is 0 Å². The Balaban J connectivity index is 3.65. The molecule has 0 heterocycles. The van der Waals surface area contributed by atoms with Gasteiger partial charge in [0, 0.05) is 0 Å². The zero-order valence-electron chi connectivity index (χ0n) is 41.6. The Hall–Kier alpha value is -1.21. The van der Waals surface area contributed by atoms with Crippen LogP contribution in [0.3, 0.4) is 0 Å². The van der Waals surface area contributed by atoms with Crippen LogP contribution in [0.2, 0.25) is 0 Å². The van der Waals surface area contributed by atoms with E-state index in [0.29, 0.717) is 19.3 Å². The van der Waals surface area contributed by atoms with E-state index < -0.39 is 36.9 Å². The van der Waals surface area contributed by atoms with Gasteiger partial charge in [-0.2, -0.15) is 0 Å². The van der Waals surface area contributed by atoms with E-state index in [2.05, 4.69) is 43.5 Å². The molecule has 0 aromatic carbocycles. The van der Waals surface area contributed by atoms with Gasteiger partial charge in [0.1, 0.15) is 12.2 Å². The van der Waals surface area contributed by atoms with Crippen molar-refractivity contribution in [2.24, 2.45) is 0 Å². The highest BCUT2D eigenvalue weighted by Gasteiger charge is 2.28. The summed E-state index contributed by atoms with van der Waals surface area (Å²) >= 11 is 0. The van der Waals surface area contributed by atoms with Gasteiger partial charge in [-0.05, 0) is 51.4 Å². The summed E-state index contributed by atoms with van der Waals surface area (Å²) < 4.78 is 0. The van der Waals surface area contributed by atoms with Gasteiger partial charge in [-0.3, -0.25) is 4.79 Å². The summed E-state index contributed by atoms with van der Waals surface area (Å²) in [6.07, 6.45) is 61.1. The molecule has 0 saturated carbocycles. The van der Waals surface area contributed by atoms with Gasteiger partial charge in [0.05, 0.1) is 18.8 Å². The summed E-state index contributed by atoms with van der Waals surface area (Å²) in [4.78, 5) is 12.6. The molecule has 0 rings (SSSR count). The number of aliphatic hydroxyl groups excluding tert-OH is 4. The fourth-order valence-corrected chi connectivity index (χ4v) is 8.78. The smallest absolute Gasteiger partial charge is 0.249 e. The summed E-state index contributed by atoms with van der Waals surface area (Å²) in [5.74, 6) is -0.593. The average molecular weight is 876 g/mol. The van der Waals surface area contributed by atoms with Crippen LogP contribution < -0.4 is 5.32 Å². The minimum atomic E-state index is -1.29. The molecule has 4 atom stereocenters. The highest BCUT2D eigenvalue weighted by Crippen LogP contribution is 2.18. The number of unbranched alkanes of at least 4 members (excludes halogenated alkanes) is 38. The van der Waals surface area contributed by atoms with Gasteiger partial charge < -0.3 is 25.7 Å². The first-order valence-corrected chi connectivity index (χ1v) is 27.7. The predicted molar refractivity (Wildman–Crippen MR) is 270 cm³/mol. The molecule has 0 radical (unpaired) electrons. The molecule has 62 heavy (non-hydrogen) atoms. The first kappa shape index (κ1) is 60.8. The Morgan fingerprint density at radius 3 is 1.02 bits per heavy atom. The SMILES string of the molecule is CCCCCCCCCCCCCCCCCCCCCCC/C=C/CC/C=C/CCCC(O)C(O)C(CO)NC(=O)C(O)CCCCCCCCCCCCCCCCCC. The molecule has 0 aliphatic rings. The average Bonchev–Trinajstić information content (AvgIpc) is 3.28. The van der Waals surface area contributed by atoms with Crippen molar-refractivity contribution in [3.8, 4) is 0 Å². The van der Waals surface area contributed by atoms with Crippen LogP contribution in [0.25, 0.3) is 0 Å². The van der Waals surface area contributed by atoms with Gasteiger partial charge in [0.15, 0.2) is 0 Å². The first-order chi connectivity index (χ1) is 30.5.